The molecule has 0 atom stereocenters. The number of carbonyl (C=O) groups excluding carboxylic acids is 2. The van der Waals surface area contributed by atoms with E-state index in [0.717, 1.165) is 0 Å². The fraction of sp³-hybridized carbons (Fsp3) is 0.529. The molecule has 3 amide bonds. The highest BCUT2D eigenvalue weighted by Crippen LogP contribution is 2.32. The molecule has 1 aliphatic heterocycles. The number of methoxy groups -OCH3 is 2. The molecule has 1 aromatic rings. The average Bonchev–Trinajstić information content (AvgIpc) is 3.01. The summed E-state index contributed by atoms with van der Waals surface area (Å²) in [6.07, 6.45) is 0. The van der Waals surface area contributed by atoms with E-state index in [0.29, 0.717) is 43.4 Å². The van der Waals surface area contributed by atoms with E-state index in [1.807, 2.05) is 0 Å². The molecule has 1 fully saturated rings. The first kappa shape index (κ1) is 19.8. The summed E-state index contributed by atoms with van der Waals surface area (Å²) in [4.78, 5) is 27.6. The molecular weight excluding hydrogens is 342 g/mol. The molecule has 0 radical (unpaired) electrons. The normalized spacial score (nSPS) is 13.9. The lowest BCUT2D eigenvalue weighted by atomic mass is 10.2. The number of hydrogen-bond acceptors (Lipinski definition) is 6. The smallest absolute Gasteiger partial charge is 0.325 e. The van der Waals surface area contributed by atoms with Gasteiger partial charge in [-0.25, -0.2) is 4.79 Å². The summed E-state index contributed by atoms with van der Waals surface area (Å²) in [7, 11) is 3.09. The van der Waals surface area contributed by atoms with Gasteiger partial charge in [0.2, 0.25) is 5.91 Å². The SMILES string of the molecule is COc1ccc(N2CCN(CC(=O)NCCOCCO)C2=O)cc1OC. The summed E-state index contributed by atoms with van der Waals surface area (Å²) in [5.41, 5.74) is 0.688. The van der Waals surface area contributed by atoms with Crippen molar-refractivity contribution in [2.75, 3.05) is 65.1 Å². The second-order valence-corrected chi connectivity index (χ2v) is 5.58. The molecule has 1 heterocycles. The lowest BCUT2D eigenvalue weighted by Crippen LogP contribution is -2.40. The summed E-state index contributed by atoms with van der Waals surface area (Å²) in [6.45, 7) is 1.77. The van der Waals surface area contributed by atoms with Crippen LogP contribution in [0.15, 0.2) is 18.2 Å². The Kier molecular flexibility index (Phi) is 7.49. The zero-order valence-electron chi connectivity index (χ0n) is 15.1. The maximum absolute atomic E-state index is 12.6. The topological polar surface area (TPSA) is 101 Å². The third kappa shape index (κ3) is 4.99. The number of hydrogen-bond donors (Lipinski definition) is 2. The van der Waals surface area contributed by atoms with Gasteiger partial charge in [-0.3, -0.25) is 9.69 Å². The highest BCUT2D eigenvalue weighted by molar-refractivity contribution is 5.96. The molecule has 9 nitrogen and oxygen atoms in total. The number of aliphatic hydroxyl groups excluding tert-OH is 1. The van der Waals surface area contributed by atoms with Crippen LogP contribution in [0, 0.1) is 0 Å². The largest absolute Gasteiger partial charge is 0.493 e. The van der Waals surface area contributed by atoms with Crippen LogP contribution in [0.2, 0.25) is 0 Å². The number of aliphatic hydroxyl groups is 1. The second kappa shape index (κ2) is 9.83. The van der Waals surface area contributed by atoms with Crippen LogP contribution in [0.25, 0.3) is 0 Å². The van der Waals surface area contributed by atoms with Gasteiger partial charge in [0.25, 0.3) is 0 Å². The number of ether oxygens (including phenoxy) is 3. The Balaban J connectivity index is 1.88. The van der Waals surface area contributed by atoms with Crippen molar-refractivity contribution in [3.63, 3.8) is 0 Å². The molecule has 9 heteroatoms. The third-order valence-corrected chi connectivity index (χ3v) is 3.91. The molecule has 0 aromatic heterocycles. The fourth-order valence-electron chi connectivity index (χ4n) is 2.62. The molecule has 2 N–H and O–H groups in total. The van der Waals surface area contributed by atoms with Crippen molar-refractivity contribution in [3.8, 4) is 11.5 Å². The number of benzene rings is 1. The van der Waals surface area contributed by atoms with E-state index in [4.69, 9.17) is 19.3 Å². The van der Waals surface area contributed by atoms with E-state index in [1.54, 1.807) is 30.2 Å². The lowest BCUT2D eigenvalue weighted by molar-refractivity contribution is -0.121. The summed E-state index contributed by atoms with van der Waals surface area (Å²) >= 11 is 0. The van der Waals surface area contributed by atoms with E-state index in [2.05, 4.69) is 5.32 Å². The van der Waals surface area contributed by atoms with Crippen LogP contribution in [0.5, 0.6) is 11.5 Å². The molecule has 1 aliphatic rings. The molecule has 0 aliphatic carbocycles. The summed E-state index contributed by atoms with van der Waals surface area (Å²) < 4.78 is 15.5. The molecule has 1 aromatic carbocycles. The predicted molar refractivity (Wildman–Crippen MR) is 94.8 cm³/mol. The molecule has 0 bridgehead atoms. The van der Waals surface area contributed by atoms with Crippen LogP contribution in [0.3, 0.4) is 0 Å². The summed E-state index contributed by atoms with van der Waals surface area (Å²) in [6, 6.07) is 5.02. The molecule has 0 saturated carbocycles. The molecule has 144 valence electrons. The van der Waals surface area contributed by atoms with Gasteiger partial charge in [0.1, 0.15) is 6.54 Å². The maximum atomic E-state index is 12.6. The number of rotatable bonds is 10. The van der Waals surface area contributed by atoms with Crippen molar-refractivity contribution >= 4 is 17.6 Å². The summed E-state index contributed by atoms with van der Waals surface area (Å²) in [5.74, 6) is 0.875. The highest BCUT2D eigenvalue weighted by atomic mass is 16.5. The van der Waals surface area contributed by atoms with Crippen molar-refractivity contribution < 1.29 is 28.9 Å². The van der Waals surface area contributed by atoms with Crippen LogP contribution in [0.1, 0.15) is 0 Å². The second-order valence-electron chi connectivity index (χ2n) is 5.58. The first-order valence-electron chi connectivity index (χ1n) is 8.34. The van der Waals surface area contributed by atoms with Gasteiger partial charge in [-0.15, -0.1) is 0 Å². The van der Waals surface area contributed by atoms with Gasteiger partial charge in [-0.2, -0.15) is 0 Å². The molecule has 0 unspecified atom stereocenters. The van der Waals surface area contributed by atoms with Crippen LogP contribution in [0.4, 0.5) is 10.5 Å². The molecule has 1 saturated heterocycles. The van der Waals surface area contributed by atoms with Crippen molar-refractivity contribution in [3.05, 3.63) is 18.2 Å². The van der Waals surface area contributed by atoms with E-state index in [-0.39, 0.29) is 31.7 Å². The first-order chi connectivity index (χ1) is 12.6. The number of amides is 3. The van der Waals surface area contributed by atoms with Gasteiger partial charge < -0.3 is 29.5 Å². The van der Waals surface area contributed by atoms with Crippen LogP contribution >= 0.6 is 0 Å². The van der Waals surface area contributed by atoms with E-state index in [9.17, 15) is 9.59 Å². The molecular formula is C17H25N3O6. The maximum Gasteiger partial charge on any atom is 0.325 e. The Labute approximate surface area is 152 Å². The zero-order chi connectivity index (χ0) is 18.9. The van der Waals surface area contributed by atoms with Crippen LogP contribution < -0.4 is 19.7 Å². The van der Waals surface area contributed by atoms with Crippen LogP contribution in [-0.2, 0) is 9.53 Å². The number of nitrogens with one attached hydrogen (secondary N) is 1. The first-order valence-corrected chi connectivity index (χ1v) is 8.34. The summed E-state index contributed by atoms with van der Waals surface area (Å²) in [5, 5.41) is 11.3. The van der Waals surface area contributed by atoms with Gasteiger partial charge in [-0.05, 0) is 12.1 Å². The van der Waals surface area contributed by atoms with E-state index in [1.165, 1.54) is 12.0 Å². The molecule has 0 spiro atoms. The van der Waals surface area contributed by atoms with Crippen molar-refractivity contribution in [2.24, 2.45) is 0 Å². The highest BCUT2D eigenvalue weighted by Gasteiger charge is 2.31. The van der Waals surface area contributed by atoms with Crippen LogP contribution in [-0.4, -0.2) is 82.2 Å². The quantitative estimate of drug-likeness (QED) is 0.568. The monoisotopic (exact) mass is 367 g/mol. The minimum absolute atomic E-state index is 0.0113. The van der Waals surface area contributed by atoms with Gasteiger partial charge in [0.15, 0.2) is 11.5 Å². The Morgan fingerprint density at radius 3 is 2.65 bits per heavy atom. The number of urea groups is 1. The molecule has 26 heavy (non-hydrogen) atoms. The van der Waals surface area contributed by atoms with Crippen molar-refractivity contribution in [2.45, 2.75) is 0 Å². The number of carbonyl (C=O) groups is 2. The number of nitrogens with zero attached hydrogens (tertiary/aromatic N) is 2. The Hall–Kier alpha value is -2.52. The fourth-order valence-corrected chi connectivity index (χ4v) is 2.62. The Morgan fingerprint density at radius 2 is 1.96 bits per heavy atom. The number of anilines is 1. The van der Waals surface area contributed by atoms with E-state index < -0.39 is 0 Å². The van der Waals surface area contributed by atoms with Crippen molar-refractivity contribution in [1.29, 1.82) is 0 Å². The van der Waals surface area contributed by atoms with Gasteiger partial charge in [0, 0.05) is 31.4 Å². The predicted octanol–water partition coefficient (Wildman–Crippen LogP) is 0.0709. The Bertz CT molecular complexity index is 625. The lowest BCUT2D eigenvalue weighted by Gasteiger charge is -2.19. The van der Waals surface area contributed by atoms with Gasteiger partial charge in [-0.1, -0.05) is 0 Å². The minimum Gasteiger partial charge on any atom is -0.493 e. The van der Waals surface area contributed by atoms with E-state index >= 15 is 0 Å². The minimum atomic E-state index is -0.250. The average molecular weight is 367 g/mol. The third-order valence-electron chi connectivity index (χ3n) is 3.91. The van der Waals surface area contributed by atoms with Crippen molar-refractivity contribution in [1.82, 2.24) is 10.2 Å². The zero-order valence-corrected chi connectivity index (χ0v) is 15.1. The standard InChI is InChI=1S/C17H25N3O6/c1-24-14-4-3-13(11-15(14)25-2)20-7-6-19(17(20)23)12-16(22)18-5-9-26-10-8-21/h3-4,11,21H,5-10,12H2,1-2H3,(H,18,22). The molecule has 2 rings (SSSR count). The van der Waals surface area contributed by atoms with Gasteiger partial charge >= 0.3 is 6.03 Å². The van der Waals surface area contributed by atoms with Gasteiger partial charge in [0.05, 0.1) is 34.0 Å². The Morgan fingerprint density at radius 1 is 1.19 bits per heavy atom.